The minimum absolute atomic E-state index is 0.210. The van der Waals surface area contributed by atoms with E-state index in [9.17, 15) is 9.18 Å². The minimum Gasteiger partial charge on any atom is -0.325 e. The normalized spacial score (nSPS) is 19.6. The fraction of sp³-hybridized carbons (Fsp3) is 0.500. The molecule has 5 heteroatoms. The fourth-order valence-corrected chi connectivity index (χ4v) is 2.32. The van der Waals surface area contributed by atoms with Gasteiger partial charge in [0.15, 0.2) is 0 Å². The van der Waals surface area contributed by atoms with E-state index in [0.29, 0.717) is 0 Å². The van der Waals surface area contributed by atoms with Crippen molar-refractivity contribution in [2.24, 2.45) is 0 Å². The van der Waals surface area contributed by atoms with E-state index in [-0.39, 0.29) is 17.8 Å². The number of nitrogens with zero attached hydrogens (tertiary/aromatic N) is 1. The Morgan fingerprint density at radius 1 is 1.37 bits per heavy atom. The van der Waals surface area contributed by atoms with Gasteiger partial charge in [-0.15, -0.1) is 0 Å². The highest BCUT2D eigenvalue weighted by Gasteiger charge is 2.21. The van der Waals surface area contributed by atoms with Crippen LogP contribution in [0.1, 0.15) is 19.3 Å². The van der Waals surface area contributed by atoms with Crippen molar-refractivity contribution in [3.8, 4) is 0 Å². The number of carbonyl (C=O) groups excluding carboxylic acids is 1. The molecule has 1 aliphatic rings. The summed E-state index contributed by atoms with van der Waals surface area (Å²) in [6.45, 7) is 1.92. The Kier molecular flexibility index (Phi) is 4.74. The molecule has 1 heterocycles. The molecule has 0 aromatic heterocycles. The summed E-state index contributed by atoms with van der Waals surface area (Å²) >= 11 is 0. The van der Waals surface area contributed by atoms with E-state index >= 15 is 0 Å². The van der Waals surface area contributed by atoms with E-state index in [1.165, 1.54) is 6.07 Å². The average Bonchev–Trinajstić information content (AvgIpc) is 2.69. The number of carbonyl (C=O) groups is 1. The zero-order chi connectivity index (χ0) is 13.7. The second-order valence-electron chi connectivity index (χ2n) is 4.86. The molecule has 0 bridgehead atoms. The Balaban J connectivity index is 1.97. The second-order valence-corrected chi connectivity index (χ2v) is 4.86. The molecule has 0 spiro atoms. The molecule has 2 amide bonds. The molecule has 1 fully saturated rings. The lowest BCUT2D eigenvalue weighted by Crippen LogP contribution is -2.40. The lowest BCUT2D eigenvalue weighted by Gasteiger charge is -2.27. The molecule has 4 nitrogen and oxygen atoms in total. The summed E-state index contributed by atoms with van der Waals surface area (Å²) in [6.07, 6.45) is 2.97. The van der Waals surface area contributed by atoms with Gasteiger partial charge in [-0.3, -0.25) is 0 Å². The first-order chi connectivity index (χ1) is 9.18. The standard InChI is InChI=1S/C14H20FN3O/c1-18(11-5-4-9-16-10-8-11)14(19)17-13-7-3-2-6-12(13)15/h2-3,6-7,11,16H,4-5,8-10H2,1H3,(H,17,19). The topological polar surface area (TPSA) is 44.4 Å². The minimum atomic E-state index is -0.410. The van der Waals surface area contributed by atoms with Crippen molar-refractivity contribution < 1.29 is 9.18 Å². The lowest BCUT2D eigenvalue weighted by atomic mass is 10.1. The quantitative estimate of drug-likeness (QED) is 0.862. The zero-order valence-electron chi connectivity index (χ0n) is 11.2. The molecule has 104 valence electrons. The predicted octanol–water partition coefficient (Wildman–Crippen LogP) is 2.43. The average molecular weight is 265 g/mol. The summed E-state index contributed by atoms with van der Waals surface area (Å²) in [5, 5.41) is 5.93. The predicted molar refractivity (Wildman–Crippen MR) is 73.7 cm³/mol. The van der Waals surface area contributed by atoms with Crippen molar-refractivity contribution >= 4 is 11.7 Å². The maximum atomic E-state index is 13.5. The molecule has 2 rings (SSSR count). The molecule has 0 saturated carbocycles. The molecule has 0 radical (unpaired) electrons. The molecular formula is C14H20FN3O. The van der Waals surface area contributed by atoms with E-state index in [4.69, 9.17) is 0 Å². The van der Waals surface area contributed by atoms with Gasteiger partial charge in [-0.2, -0.15) is 0 Å². The van der Waals surface area contributed by atoms with Crippen LogP contribution in [0.5, 0.6) is 0 Å². The van der Waals surface area contributed by atoms with E-state index in [1.807, 2.05) is 0 Å². The van der Waals surface area contributed by atoms with Crippen LogP contribution in [0.25, 0.3) is 0 Å². The maximum Gasteiger partial charge on any atom is 0.321 e. The van der Waals surface area contributed by atoms with Crippen molar-refractivity contribution in [1.82, 2.24) is 10.2 Å². The Morgan fingerprint density at radius 3 is 2.95 bits per heavy atom. The van der Waals surface area contributed by atoms with Gasteiger partial charge in [0.25, 0.3) is 0 Å². The number of urea groups is 1. The Labute approximate surface area is 113 Å². The molecule has 2 N–H and O–H groups in total. The Morgan fingerprint density at radius 2 is 2.16 bits per heavy atom. The van der Waals surface area contributed by atoms with Gasteiger partial charge < -0.3 is 15.5 Å². The van der Waals surface area contributed by atoms with Crippen LogP contribution in [0.15, 0.2) is 24.3 Å². The fourth-order valence-electron chi connectivity index (χ4n) is 2.32. The first-order valence-corrected chi connectivity index (χ1v) is 6.67. The highest BCUT2D eigenvalue weighted by molar-refractivity contribution is 5.89. The Bertz CT molecular complexity index is 430. The summed E-state index contributed by atoms with van der Waals surface area (Å²) in [6, 6.07) is 6.17. The third-order valence-electron chi connectivity index (χ3n) is 3.53. The van der Waals surface area contributed by atoms with Crippen LogP contribution in [0.4, 0.5) is 14.9 Å². The summed E-state index contributed by atoms with van der Waals surface area (Å²) in [5.41, 5.74) is 0.228. The number of amides is 2. The van der Waals surface area contributed by atoms with Crippen LogP contribution >= 0.6 is 0 Å². The molecule has 1 aliphatic heterocycles. The van der Waals surface area contributed by atoms with Crippen LogP contribution in [0.3, 0.4) is 0 Å². The van der Waals surface area contributed by atoms with Crippen LogP contribution in [-0.4, -0.2) is 37.1 Å². The summed E-state index contributed by atoms with van der Waals surface area (Å²) in [5.74, 6) is -0.410. The van der Waals surface area contributed by atoms with Crippen LogP contribution in [0, 0.1) is 5.82 Å². The first-order valence-electron chi connectivity index (χ1n) is 6.67. The molecule has 1 aromatic rings. The Hall–Kier alpha value is -1.62. The summed E-state index contributed by atoms with van der Waals surface area (Å²) in [4.78, 5) is 13.8. The van der Waals surface area contributed by atoms with Gasteiger partial charge in [0.2, 0.25) is 0 Å². The van der Waals surface area contributed by atoms with Crippen molar-refractivity contribution in [3.05, 3.63) is 30.1 Å². The zero-order valence-corrected chi connectivity index (χ0v) is 11.2. The van der Waals surface area contributed by atoms with Gasteiger partial charge in [-0.25, -0.2) is 9.18 Å². The van der Waals surface area contributed by atoms with Gasteiger partial charge in [-0.05, 0) is 44.5 Å². The number of halogens is 1. The number of hydrogen-bond donors (Lipinski definition) is 2. The van der Waals surface area contributed by atoms with Gasteiger partial charge in [-0.1, -0.05) is 12.1 Å². The smallest absolute Gasteiger partial charge is 0.321 e. The second kappa shape index (κ2) is 6.52. The first kappa shape index (κ1) is 13.8. The van der Waals surface area contributed by atoms with E-state index < -0.39 is 5.82 Å². The van der Waals surface area contributed by atoms with E-state index in [2.05, 4.69) is 10.6 Å². The van der Waals surface area contributed by atoms with Crippen molar-refractivity contribution in [2.45, 2.75) is 25.3 Å². The number of rotatable bonds is 2. The molecule has 1 aromatic carbocycles. The number of anilines is 1. The number of para-hydroxylation sites is 1. The van der Waals surface area contributed by atoms with Crippen molar-refractivity contribution in [1.29, 1.82) is 0 Å². The third kappa shape index (κ3) is 3.67. The molecule has 0 aliphatic carbocycles. The number of benzene rings is 1. The molecule has 19 heavy (non-hydrogen) atoms. The number of hydrogen-bond acceptors (Lipinski definition) is 2. The van der Waals surface area contributed by atoms with Gasteiger partial charge in [0.1, 0.15) is 5.82 Å². The molecule has 1 atom stereocenters. The van der Waals surface area contributed by atoms with Gasteiger partial charge >= 0.3 is 6.03 Å². The van der Waals surface area contributed by atoms with Crippen LogP contribution in [0.2, 0.25) is 0 Å². The van der Waals surface area contributed by atoms with Crippen molar-refractivity contribution in [3.63, 3.8) is 0 Å². The van der Waals surface area contributed by atoms with Crippen LogP contribution in [-0.2, 0) is 0 Å². The highest BCUT2D eigenvalue weighted by atomic mass is 19.1. The molecule has 1 saturated heterocycles. The van der Waals surface area contributed by atoms with Gasteiger partial charge in [0, 0.05) is 13.1 Å². The summed E-state index contributed by atoms with van der Waals surface area (Å²) < 4.78 is 13.5. The molecular weight excluding hydrogens is 245 g/mol. The SMILES string of the molecule is CN(C(=O)Nc1ccccc1F)C1CCCNCC1. The lowest BCUT2D eigenvalue weighted by molar-refractivity contribution is 0.198. The van der Waals surface area contributed by atoms with Gasteiger partial charge in [0.05, 0.1) is 5.69 Å². The number of nitrogens with one attached hydrogen (secondary N) is 2. The largest absolute Gasteiger partial charge is 0.325 e. The van der Waals surface area contributed by atoms with Crippen molar-refractivity contribution in [2.75, 3.05) is 25.5 Å². The molecule has 1 unspecified atom stereocenters. The monoisotopic (exact) mass is 265 g/mol. The maximum absolute atomic E-state index is 13.5. The van der Waals surface area contributed by atoms with E-state index in [1.54, 1.807) is 30.1 Å². The summed E-state index contributed by atoms with van der Waals surface area (Å²) in [7, 11) is 1.77. The van der Waals surface area contributed by atoms with Crippen LogP contribution < -0.4 is 10.6 Å². The highest BCUT2D eigenvalue weighted by Crippen LogP contribution is 2.16. The third-order valence-corrected chi connectivity index (χ3v) is 3.53. The van der Waals surface area contributed by atoms with E-state index in [0.717, 1.165) is 32.4 Å².